The van der Waals surface area contributed by atoms with E-state index in [9.17, 15) is 4.79 Å². The average molecular weight is 350 g/mol. The minimum Gasteiger partial charge on any atom is -0.469 e. The quantitative estimate of drug-likeness (QED) is 0.500. The zero-order valence-electron chi connectivity index (χ0n) is 15.5. The second-order valence-corrected chi connectivity index (χ2v) is 6.93. The Hall–Kier alpha value is -1.43. The van der Waals surface area contributed by atoms with E-state index in [4.69, 9.17) is 18.9 Å². The van der Waals surface area contributed by atoms with Gasteiger partial charge in [0, 0.05) is 13.0 Å². The van der Waals surface area contributed by atoms with Crippen LogP contribution in [0.5, 0.6) is 0 Å². The number of hydrogen-bond acceptors (Lipinski definition) is 5. The molecule has 0 unspecified atom stereocenters. The van der Waals surface area contributed by atoms with Gasteiger partial charge in [-0.25, -0.2) is 0 Å². The molecule has 1 fully saturated rings. The van der Waals surface area contributed by atoms with E-state index in [0.717, 1.165) is 32.3 Å². The highest BCUT2D eigenvalue weighted by molar-refractivity contribution is 5.69. The molecule has 0 aromatic heterocycles. The lowest BCUT2D eigenvalue weighted by atomic mass is 10.0. The third-order valence-electron chi connectivity index (χ3n) is 4.23. The van der Waals surface area contributed by atoms with Crippen LogP contribution in [0.1, 0.15) is 51.5 Å². The van der Waals surface area contributed by atoms with Crippen molar-refractivity contribution in [1.82, 2.24) is 0 Å². The Labute approximate surface area is 150 Å². The van der Waals surface area contributed by atoms with Crippen molar-refractivity contribution >= 4 is 5.97 Å². The minimum absolute atomic E-state index is 0.104. The van der Waals surface area contributed by atoms with Gasteiger partial charge >= 0.3 is 5.97 Å². The van der Waals surface area contributed by atoms with Crippen molar-refractivity contribution < 1.29 is 23.7 Å². The maximum atomic E-state index is 11.5. The van der Waals surface area contributed by atoms with Crippen LogP contribution in [0.25, 0.3) is 0 Å². The summed E-state index contributed by atoms with van der Waals surface area (Å²) in [5.41, 5.74) is 1.20. The molecule has 1 aromatic rings. The minimum atomic E-state index is -0.661. The van der Waals surface area contributed by atoms with Crippen LogP contribution in [-0.2, 0) is 30.3 Å². The number of esters is 1. The van der Waals surface area contributed by atoms with Crippen molar-refractivity contribution in [3.63, 3.8) is 0 Å². The van der Waals surface area contributed by atoms with Gasteiger partial charge in [0.05, 0.1) is 32.3 Å². The molecule has 0 bridgehead atoms. The third-order valence-corrected chi connectivity index (χ3v) is 4.23. The molecule has 140 valence electrons. The summed E-state index contributed by atoms with van der Waals surface area (Å²) in [5.74, 6) is -0.901. The lowest BCUT2D eigenvalue weighted by molar-refractivity contribution is -0.300. The monoisotopic (exact) mass is 350 g/mol. The largest absolute Gasteiger partial charge is 0.469 e. The van der Waals surface area contributed by atoms with E-state index in [1.165, 1.54) is 12.7 Å². The second kappa shape index (κ2) is 9.90. The van der Waals surface area contributed by atoms with Crippen molar-refractivity contribution in [2.75, 3.05) is 13.7 Å². The maximum Gasteiger partial charge on any atom is 0.308 e. The van der Waals surface area contributed by atoms with Gasteiger partial charge in [0.15, 0.2) is 5.79 Å². The Kier molecular flexibility index (Phi) is 7.88. The number of methoxy groups -OCH3 is 1. The van der Waals surface area contributed by atoms with E-state index in [0.29, 0.717) is 6.61 Å². The molecule has 5 nitrogen and oxygen atoms in total. The first-order valence-corrected chi connectivity index (χ1v) is 9.02. The summed E-state index contributed by atoms with van der Waals surface area (Å²) in [6.45, 7) is 5.19. The van der Waals surface area contributed by atoms with Gasteiger partial charge in [-0.05, 0) is 38.7 Å². The number of carbonyl (C=O) groups is 1. The maximum absolute atomic E-state index is 11.5. The summed E-state index contributed by atoms with van der Waals surface area (Å²) in [5, 5.41) is 0. The van der Waals surface area contributed by atoms with Gasteiger partial charge in [-0.15, -0.1) is 0 Å². The van der Waals surface area contributed by atoms with Crippen molar-refractivity contribution in [1.29, 1.82) is 0 Å². The standard InChI is InChI=1S/C20H30O5/c1-20(2)24-17(13-18(25-20)14-19(21)22-3)11-7-8-12-23-15-16-9-5-4-6-10-16/h4-6,9-10,17-18H,7-8,11-15H2,1-3H3/t17-,18-/m1/s1. The van der Waals surface area contributed by atoms with Crippen molar-refractivity contribution in [3.05, 3.63) is 35.9 Å². The number of benzene rings is 1. The number of ether oxygens (including phenoxy) is 4. The number of hydrogen-bond donors (Lipinski definition) is 0. The van der Waals surface area contributed by atoms with Gasteiger partial charge < -0.3 is 18.9 Å². The predicted molar refractivity (Wildman–Crippen MR) is 95.0 cm³/mol. The molecule has 2 rings (SSSR count). The second-order valence-electron chi connectivity index (χ2n) is 6.93. The predicted octanol–water partition coefficient (Wildman–Crippen LogP) is 3.85. The molecule has 0 radical (unpaired) electrons. The molecule has 1 aliphatic rings. The summed E-state index contributed by atoms with van der Waals surface area (Å²) in [6, 6.07) is 10.2. The topological polar surface area (TPSA) is 54.0 Å². The van der Waals surface area contributed by atoms with Crippen molar-refractivity contribution in [2.24, 2.45) is 0 Å². The molecule has 1 saturated heterocycles. The van der Waals surface area contributed by atoms with Gasteiger partial charge in [0.1, 0.15) is 0 Å². The molecule has 25 heavy (non-hydrogen) atoms. The molecule has 0 spiro atoms. The lowest BCUT2D eigenvalue weighted by Gasteiger charge is -2.40. The zero-order valence-corrected chi connectivity index (χ0v) is 15.5. The number of carbonyl (C=O) groups excluding carboxylic acids is 1. The third kappa shape index (κ3) is 7.55. The highest BCUT2D eigenvalue weighted by atomic mass is 16.7. The van der Waals surface area contributed by atoms with Crippen LogP contribution < -0.4 is 0 Å². The SMILES string of the molecule is COC(=O)C[C@H]1C[C@@H](CCCCOCc2ccccc2)OC(C)(C)O1. The highest BCUT2D eigenvalue weighted by Gasteiger charge is 2.36. The lowest BCUT2D eigenvalue weighted by Crippen LogP contribution is -2.45. The number of rotatable bonds is 9. The molecule has 1 heterocycles. The van der Waals surface area contributed by atoms with Gasteiger partial charge in [-0.2, -0.15) is 0 Å². The van der Waals surface area contributed by atoms with Crippen LogP contribution in [0.3, 0.4) is 0 Å². The fourth-order valence-corrected chi connectivity index (χ4v) is 3.13. The van der Waals surface area contributed by atoms with Crippen LogP contribution >= 0.6 is 0 Å². The molecule has 5 heteroatoms. The Morgan fingerprint density at radius 2 is 1.88 bits per heavy atom. The first-order chi connectivity index (χ1) is 12.0. The summed E-state index contributed by atoms with van der Waals surface area (Å²) >= 11 is 0. The smallest absolute Gasteiger partial charge is 0.308 e. The van der Waals surface area contributed by atoms with Crippen LogP contribution in [0, 0.1) is 0 Å². The Bertz CT molecular complexity index is 514. The fraction of sp³-hybridized carbons (Fsp3) is 0.650. The summed E-state index contributed by atoms with van der Waals surface area (Å²) < 4.78 is 22.3. The normalized spacial score (nSPS) is 22.5. The average Bonchev–Trinajstić information content (AvgIpc) is 2.57. The van der Waals surface area contributed by atoms with E-state index in [2.05, 4.69) is 12.1 Å². The summed E-state index contributed by atoms with van der Waals surface area (Å²) in [4.78, 5) is 11.5. The Morgan fingerprint density at radius 3 is 2.60 bits per heavy atom. The van der Waals surface area contributed by atoms with Gasteiger partial charge in [-0.1, -0.05) is 30.3 Å². The van der Waals surface area contributed by atoms with Crippen molar-refractivity contribution in [3.8, 4) is 0 Å². The highest BCUT2D eigenvalue weighted by Crippen LogP contribution is 2.30. The van der Waals surface area contributed by atoms with Gasteiger partial charge in [-0.3, -0.25) is 4.79 Å². The Balaban J connectivity index is 1.64. The van der Waals surface area contributed by atoms with E-state index < -0.39 is 5.79 Å². The molecule has 0 amide bonds. The Morgan fingerprint density at radius 1 is 1.16 bits per heavy atom. The summed E-state index contributed by atoms with van der Waals surface area (Å²) in [7, 11) is 1.40. The van der Waals surface area contributed by atoms with Crippen LogP contribution in [0.4, 0.5) is 0 Å². The summed E-state index contributed by atoms with van der Waals surface area (Å²) in [6.07, 6.45) is 3.93. The molecule has 0 aliphatic carbocycles. The zero-order chi connectivity index (χ0) is 18.1. The van der Waals surface area contributed by atoms with E-state index in [1.54, 1.807) is 0 Å². The van der Waals surface area contributed by atoms with E-state index in [-0.39, 0.29) is 24.6 Å². The first kappa shape index (κ1) is 19.9. The first-order valence-electron chi connectivity index (χ1n) is 9.02. The van der Waals surface area contributed by atoms with E-state index >= 15 is 0 Å². The molecule has 1 aromatic carbocycles. The van der Waals surface area contributed by atoms with Crippen LogP contribution in [-0.4, -0.2) is 37.7 Å². The molecule has 0 N–H and O–H groups in total. The molecular formula is C20H30O5. The van der Waals surface area contributed by atoms with E-state index in [1.807, 2.05) is 32.0 Å². The number of unbranched alkanes of at least 4 members (excludes halogenated alkanes) is 1. The fourth-order valence-electron chi connectivity index (χ4n) is 3.13. The molecular weight excluding hydrogens is 320 g/mol. The van der Waals surface area contributed by atoms with Gasteiger partial charge in [0.2, 0.25) is 0 Å². The molecule has 0 saturated carbocycles. The van der Waals surface area contributed by atoms with Crippen LogP contribution in [0.15, 0.2) is 30.3 Å². The van der Waals surface area contributed by atoms with Crippen molar-refractivity contribution in [2.45, 2.75) is 70.6 Å². The van der Waals surface area contributed by atoms with Crippen LogP contribution in [0.2, 0.25) is 0 Å². The van der Waals surface area contributed by atoms with Gasteiger partial charge in [0.25, 0.3) is 0 Å². The molecule has 1 aliphatic heterocycles. The molecule has 2 atom stereocenters.